The van der Waals surface area contributed by atoms with Crippen LogP contribution in [0.3, 0.4) is 0 Å². The average molecular weight is 490 g/mol. The van der Waals surface area contributed by atoms with E-state index in [0.29, 0.717) is 23.2 Å². The van der Waals surface area contributed by atoms with Crippen molar-refractivity contribution in [3.63, 3.8) is 0 Å². The van der Waals surface area contributed by atoms with Gasteiger partial charge in [0.25, 0.3) is 11.8 Å². The molecule has 1 N–H and O–H groups in total. The highest BCUT2D eigenvalue weighted by Crippen LogP contribution is 2.36. The van der Waals surface area contributed by atoms with Crippen molar-refractivity contribution in [1.82, 2.24) is 9.21 Å². The van der Waals surface area contributed by atoms with Crippen molar-refractivity contribution >= 4 is 33.4 Å². The maximum atomic E-state index is 13.7. The molecule has 9 heteroatoms. The van der Waals surface area contributed by atoms with Crippen molar-refractivity contribution < 1.29 is 22.8 Å². The molecule has 0 saturated heterocycles. The number of carbonyl (C=O) groups excluding carboxylic acids is 3. The van der Waals surface area contributed by atoms with Gasteiger partial charge in [-0.2, -0.15) is 4.31 Å². The molecule has 1 unspecified atom stereocenters. The molecule has 1 atom stereocenters. The molecule has 5 rings (SSSR count). The van der Waals surface area contributed by atoms with Crippen LogP contribution < -0.4 is 5.32 Å². The van der Waals surface area contributed by atoms with Gasteiger partial charge >= 0.3 is 0 Å². The maximum Gasteiger partial charge on any atom is 0.261 e. The summed E-state index contributed by atoms with van der Waals surface area (Å²) >= 11 is 0. The third-order valence-electron chi connectivity index (χ3n) is 6.38. The van der Waals surface area contributed by atoms with E-state index < -0.39 is 27.9 Å². The Labute approximate surface area is 203 Å². The van der Waals surface area contributed by atoms with Crippen molar-refractivity contribution in [3.05, 3.63) is 95.1 Å². The number of nitrogens with one attached hydrogen (secondary N) is 1. The molecule has 0 saturated carbocycles. The Hall–Kier alpha value is -3.82. The van der Waals surface area contributed by atoms with Crippen LogP contribution >= 0.6 is 0 Å². The predicted molar refractivity (Wildman–Crippen MR) is 129 cm³/mol. The average Bonchev–Trinajstić information content (AvgIpc) is 3.09. The lowest BCUT2D eigenvalue weighted by molar-refractivity contribution is -0.114. The number of amides is 3. The zero-order chi connectivity index (χ0) is 24.7. The molecule has 0 spiro atoms. The molecule has 35 heavy (non-hydrogen) atoms. The molecule has 2 aliphatic heterocycles. The highest BCUT2D eigenvalue weighted by Gasteiger charge is 2.42. The van der Waals surface area contributed by atoms with Gasteiger partial charge in [0, 0.05) is 19.2 Å². The Balaban J connectivity index is 1.51. The summed E-state index contributed by atoms with van der Waals surface area (Å²) < 4.78 is 28.9. The number of imide groups is 1. The Kier molecular flexibility index (Phi) is 5.74. The fourth-order valence-electron chi connectivity index (χ4n) is 4.73. The molecular formula is C26H23N3O5S. The second kappa shape index (κ2) is 8.75. The van der Waals surface area contributed by atoms with Crippen LogP contribution in [0.15, 0.2) is 77.7 Å². The van der Waals surface area contributed by atoms with E-state index in [-0.39, 0.29) is 23.9 Å². The fraction of sp³-hybridized carbons (Fsp3) is 0.192. The van der Waals surface area contributed by atoms with Crippen LogP contribution in [0.1, 0.15) is 44.8 Å². The minimum Gasteiger partial charge on any atom is -0.326 e. The molecule has 3 aromatic rings. The molecule has 8 nitrogen and oxygen atoms in total. The van der Waals surface area contributed by atoms with E-state index in [2.05, 4.69) is 5.32 Å². The van der Waals surface area contributed by atoms with Gasteiger partial charge in [-0.25, -0.2) is 8.42 Å². The molecule has 178 valence electrons. The first-order valence-corrected chi connectivity index (χ1v) is 12.6. The third kappa shape index (κ3) is 4.02. The lowest BCUT2D eigenvalue weighted by Gasteiger charge is -2.37. The summed E-state index contributed by atoms with van der Waals surface area (Å²) in [6, 6.07) is 19.3. The van der Waals surface area contributed by atoms with E-state index in [0.717, 1.165) is 16.0 Å². The summed E-state index contributed by atoms with van der Waals surface area (Å²) in [4.78, 5) is 38.6. The number of fused-ring (bicyclic) bond motifs is 2. The van der Waals surface area contributed by atoms with Gasteiger partial charge in [-0.3, -0.25) is 19.3 Å². The number of benzene rings is 3. The van der Waals surface area contributed by atoms with E-state index in [9.17, 15) is 22.8 Å². The minimum absolute atomic E-state index is 0.0679. The van der Waals surface area contributed by atoms with E-state index in [1.165, 1.54) is 35.5 Å². The molecule has 0 aliphatic carbocycles. The molecule has 2 aliphatic rings. The number of anilines is 1. The number of sulfonamides is 1. The predicted octanol–water partition coefficient (Wildman–Crippen LogP) is 3.23. The van der Waals surface area contributed by atoms with E-state index in [1.807, 2.05) is 24.3 Å². The molecule has 2 heterocycles. The third-order valence-corrected chi connectivity index (χ3v) is 8.30. The monoisotopic (exact) mass is 489 g/mol. The van der Waals surface area contributed by atoms with Crippen molar-refractivity contribution in [2.75, 3.05) is 18.4 Å². The van der Waals surface area contributed by atoms with E-state index in [1.54, 1.807) is 24.3 Å². The van der Waals surface area contributed by atoms with Crippen LogP contribution in [0.5, 0.6) is 0 Å². The first kappa shape index (κ1) is 22.9. The first-order chi connectivity index (χ1) is 16.8. The van der Waals surface area contributed by atoms with Gasteiger partial charge in [-0.1, -0.05) is 36.4 Å². The van der Waals surface area contributed by atoms with E-state index >= 15 is 0 Å². The van der Waals surface area contributed by atoms with Gasteiger partial charge in [0.1, 0.15) is 0 Å². The summed E-state index contributed by atoms with van der Waals surface area (Å²) in [6.07, 6.45) is 0.512. The van der Waals surface area contributed by atoms with Crippen molar-refractivity contribution in [3.8, 4) is 0 Å². The molecule has 0 aromatic heterocycles. The van der Waals surface area contributed by atoms with Crippen molar-refractivity contribution in [2.24, 2.45) is 0 Å². The Morgan fingerprint density at radius 3 is 2.14 bits per heavy atom. The first-order valence-electron chi connectivity index (χ1n) is 11.2. The summed E-state index contributed by atoms with van der Waals surface area (Å²) in [6.45, 7) is 1.49. The van der Waals surface area contributed by atoms with Crippen LogP contribution in [0.25, 0.3) is 0 Å². The van der Waals surface area contributed by atoms with Gasteiger partial charge in [-0.15, -0.1) is 0 Å². The summed E-state index contributed by atoms with van der Waals surface area (Å²) in [5.74, 6) is -1.11. The molecule has 3 amide bonds. The quantitative estimate of drug-likeness (QED) is 0.554. The van der Waals surface area contributed by atoms with Crippen molar-refractivity contribution in [2.45, 2.75) is 24.3 Å². The smallest absolute Gasteiger partial charge is 0.261 e. The van der Waals surface area contributed by atoms with Crippen LogP contribution in [-0.4, -0.2) is 48.4 Å². The second-order valence-electron chi connectivity index (χ2n) is 8.55. The standard InChI is InChI=1S/C26H23N3O5S/c1-17(30)27-19-10-12-20(13-11-19)35(33,34)29-15-14-18-6-2-3-7-21(18)24(29)16-28-25(31)22-8-4-5-9-23(22)26(28)32/h2-13,24H,14-16H2,1H3,(H,27,30). The number of nitrogens with zero attached hydrogens (tertiary/aromatic N) is 2. The van der Waals surface area contributed by atoms with Crippen LogP contribution in [-0.2, 0) is 21.2 Å². The Morgan fingerprint density at radius 2 is 1.51 bits per heavy atom. The largest absolute Gasteiger partial charge is 0.326 e. The van der Waals surface area contributed by atoms with Gasteiger partial charge in [0.2, 0.25) is 15.9 Å². The lowest BCUT2D eigenvalue weighted by Crippen LogP contribution is -2.46. The lowest BCUT2D eigenvalue weighted by atomic mass is 9.94. The van der Waals surface area contributed by atoms with Crippen LogP contribution in [0, 0.1) is 0 Å². The van der Waals surface area contributed by atoms with Crippen LogP contribution in [0.4, 0.5) is 5.69 Å². The Morgan fingerprint density at radius 1 is 0.914 bits per heavy atom. The highest BCUT2D eigenvalue weighted by atomic mass is 32.2. The van der Waals surface area contributed by atoms with E-state index in [4.69, 9.17) is 0 Å². The fourth-order valence-corrected chi connectivity index (χ4v) is 6.33. The minimum atomic E-state index is -3.97. The summed E-state index contributed by atoms with van der Waals surface area (Å²) in [7, 11) is -3.97. The zero-order valence-electron chi connectivity index (χ0n) is 19.0. The second-order valence-corrected chi connectivity index (χ2v) is 10.4. The maximum absolute atomic E-state index is 13.7. The molecule has 0 radical (unpaired) electrons. The zero-order valence-corrected chi connectivity index (χ0v) is 19.8. The summed E-state index contributed by atoms with van der Waals surface area (Å²) in [5.41, 5.74) is 2.90. The highest BCUT2D eigenvalue weighted by molar-refractivity contribution is 7.89. The van der Waals surface area contributed by atoms with Gasteiger partial charge in [0.05, 0.1) is 28.6 Å². The topological polar surface area (TPSA) is 104 Å². The number of hydrogen-bond acceptors (Lipinski definition) is 5. The SMILES string of the molecule is CC(=O)Nc1ccc(S(=O)(=O)N2CCc3ccccc3C2CN2C(=O)c3ccccc3C2=O)cc1. The summed E-state index contributed by atoms with van der Waals surface area (Å²) in [5, 5.41) is 2.62. The number of carbonyl (C=O) groups is 3. The molecule has 0 fully saturated rings. The Bertz CT molecular complexity index is 1410. The number of hydrogen-bond donors (Lipinski definition) is 1. The van der Waals surface area contributed by atoms with Crippen LogP contribution in [0.2, 0.25) is 0 Å². The molecule has 3 aromatic carbocycles. The molecule has 0 bridgehead atoms. The van der Waals surface area contributed by atoms with Gasteiger partial charge < -0.3 is 5.32 Å². The normalized spacial score (nSPS) is 17.7. The van der Waals surface area contributed by atoms with Crippen molar-refractivity contribution in [1.29, 1.82) is 0 Å². The number of rotatable bonds is 5. The molecular weight excluding hydrogens is 466 g/mol. The van der Waals surface area contributed by atoms with Gasteiger partial charge in [0.15, 0.2) is 0 Å². The van der Waals surface area contributed by atoms with Gasteiger partial charge in [-0.05, 0) is 53.9 Å².